The Bertz CT molecular complexity index is 731. The lowest BCUT2D eigenvalue weighted by molar-refractivity contribution is -0.130. The van der Waals surface area contributed by atoms with Crippen LogP contribution in [0.4, 0.5) is 5.13 Å². The first-order valence-corrected chi connectivity index (χ1v) is 9.94. The van der Waals surface area contributed by atoms with Crippen molar-refractivity contribution in [3.8, 4) is 11.3 Å². The number of piperidine rings is 1. The van der Waals surface area contributed by atoms with Gasteiger partial charge in [0.2, 0.25) is 5.91 Å². The number of anilines is 1. The molecule has 6 heteroatoms. The number of nitrogens with one attached hydrogen (secondary N) is 2. The van der Waals surface area contributed by atoms with Crippen LogP contribution < -0.4 is 10.6 Å². The van der Waals surface area contributed by atoms with Crippen LogP contribution in [0.15, 0.2) is 30.3 Å². The quantitative estimate of drug-likeness (QED) is 0.806. The van der Waals surface area contributed by atoms with E-state index in [-0.39, 0.29) is 5.91 Å². The van der Waals surface area contributed by atoms with Gasteiger partial charge in [0, 0.05) is 17.6 Å². The number of benzene rings is 1. The van der Waals surface area contributed by atoms with Gasteiger partial charge in [-0.3, -0.25) is 4.79 Å². The lowest BCUT2D eigenvalue weighted by atomic mass is 9.79. The van der Waals surface area contributed by atoms with E-state index in [1.165, 1.54) is 4.88 Å². The van der Waals surface area contributed by atoms with Crippen LogP contribution in [-0.4, -0.2) is 37.7 Å². The summed E-state index contributed by atoms with van der Waals surface area (Å²) in [5.41, 5.74) is 1.57. The van der Waals surface area contributed by atoms with Gasteiger partial charge in [-0.2, -0.15) is 0 Å². The zero-order valence-electron chi connectivity index (χ0n) is 15.7. The van der Waals surface area contributed by atoms with Crippen LogP contribution in [0.25, 0.3) is 11.3 Å². The van der Waals surface area contributed by atoms with Crippen LogP contribution in [0.2, 0.25) is 0 Å². The zero-order valence-corrected chi connectivity index (χ0v) is 16.5. The molecule has 1 saturated heterocycles. The Morgan fingerprint density at radius 2 is 2.00 bits per heavy atom. The van der Waals surface area contributed by atoms with Gasteiger partial charge in [-0.25, -0.2) is 4.98 Å². The molecular weight excluding hydrogens is 346 g/mol. The second kappa shape index (κ2) is 8.29. The number of hydrogen-bond donors (Lipinski definition) is 2. The Kier molecular flexibility index (Phi) is 6.06. The monoisotopic (exact) mass is 373 g/mol. The van der Waals surface area contributed by atoms with Crippen LogP contribution in [-0.2, 0) is 9.53 Å². The molecule has 0 saturated carbocycles. The first-order valence-electron chi connectivity index (χ1n) is 9.13. The Morgan fingerprint density at radius 3 is 2.62 bits per heavy atom. The molecule has 1 aromatic carbocycles. The van der Waals surface area contributed by atoms with Crippen molar-refractivity contribution in [1.82, 2.24) is 10.3 Å². The molecule has 1 aliphatic heterocycles. The fourth-order valence-electron chi connectivity index (χ4n) is 3.43. The number of carbonyl (C=O) groups is 1. The topological polar surface area (TPSA) is 63.2 Å². The Morgan fingerprint density at radius 1 is 1.31 bits per heavy atom. The highest BCUT2D eigenvalue weighted by Gasteiger charge is 2.40. The third-order valence-electron chi connectivity index (χ3n) is 4.91. The third kappa shape index (κ3) is 3.98. The summed E-state index contributed by atoms with van der Waals surface area (Å²) in [6, 6.07) is 10.1. The Balaban J connectivity index is 1.86. The normalized spacial score (nSPS) is 16.6. The predicted molar refractivity (Wildman–Crippen MR) is 107 cm³/mol. The molecule has 1 amide bonds. The number of ether oxygens (including phenoxy) is 1. The molecule has 0 atom stereocenters. The molecule has 1 fully saturated rings. The average molecular weight is 374 g/mol. The summed E-state index contributed by atoms with van der Waals surface area (Å²) >= 11 is 1.57. The van der Waals surface area contributed by atoms with E-state index in [0.717, 1.165) is 37.2 Å². The van der Waals surface area contributed by atoms with Crippen LogP contribution in [0.1, 0.15) is 37.5 Å². The number of amides is 1. The van der Waals surface area contributed by atoms with Crippen molar-refractivity contribution in [2.45, 2.75) is 32.6 Å². The standard InChI is InChI=1S/C20H27N3O2S/c1-14(2)17-16(15-7-5-4-6-8-15)22-19(26-17)23-18(24)20(13-25-3)9-11-21-12-10-20/h4-8,14,21H,9-13H2,1-3H3,(H,22,23,24). The van der Waals surface area contributed by atoms with E-state index in [2.05, 4.69) is 36.6 Å². The van der Waals surface area contributed by atoms with Crippen LogP contribution in [0, 0.1) is 5.41 Å². The molecule has 0 aliphatic carbocycles. The van der Waals surface area contributed by atoms with Gasteiger partial charge in [0.15, 0.2) is 5.13 Å². The van der Waals surface area contributed by atoms with Crippen molar-refractivity contribution >= 4 is 22.4 Å². The number of methoxy groups -OCH3 is 1. The Hall–Kier alpha value is -1.76. The van der Waals surface area contributed by atoms with Crippen molar-refractivity contribution in [2.24, 2.45) is 5.41 Å². The van der Waals surface area contributed by atoms with Crippen molar-refractivity contribution < 1.29 is 9.53 Å². The fraction of sp³-hybridized carbons (Fsp3) is 0.500. The molecule has 3 rings (SSSR count). The number of carbonyl (C=O) groups excluding carboxylic acids is 1. The van der Waals surface area contributed by atoms with Gasteiger partial charge in [-0.05, 0) is 31.8 Å². The molecular formula is C20H27N3O2S. The minimum atomic E-state index is -0.476. The summed E-state index contributed by atoms with van der Waals surface area (Å²) in [4.78, 5) is 19.0. The highest BCUT2D eigenvalue weighted by Crippen LogP contribution is 2.37. The van der Waals surface area contributed by atoms with E-state index in [1.54, 1.807) is 18.4 Å². The molecule has 1 aliphatic rings. The molecule has 140 valence electrons. The second-order valence-corrected chi connectivity index (χ2v) is 8.20. The molecule has 26 heavy (non-hydrogen) atoms. The Labute approximate surface area is 159 Å². The molecule has 5 nitrogen and oxygen atoms in total. The zero-order chi connectivity index (χ0) is 18.6. The number of nitrogens with zero attached hydrogens (tertiary/aromatic N) is 1. The number of aromatic nitrogens is 1. The van der Waals surface area contributed by atoms with E-state index >= 15 is 0 Å². The van der Waals surface area contributed by atoms with Gasteiger partial charge in [0.05, 0.1) is 17.7 Å². The molecule has 2 aromatic rings. The first-order chi connectivity index (χ1) is 12.6. The number of rotatable bonds is 6. The van der Waals surface area contributed by atoms with E-state index in [1.807, 2.05) is 18.2 Å². The minimum Gasteiger partial charge on any atom is -0.384 e. The van der Waals surface area contributed by atoms with Gasteiger partial charge in [-0.1, -0.05) is 44.2 Å². The molecule has 2 heterocycles. The summed E-state index contributed by atoms with van der Waals surface area (Å²) in [5.74, 6) is 0.365. The van der Waals surface area contributed by atoms with E-state index < -0.39 is 5.41 Å². The maximum Gasteiger partial charge on any atom is 0.234 e. The number of hydrogen-bond acceptors (Lipinski definition) is 5. The van der Waals surface area contributed by atoms with Crippen LogP contribution >= 0.6 is 11.3 Å². The molecule has 1 aromatic heterocycles. The van der Waals surface area contributed by atoms with E-state index in [4.69, 9.17) is 9.72 Å². The SMILES string of the molecule is COCC1(C(=O)Nc2nc(-c3ccccc3)c(C(C)C)s2)CCNCC1. The summed E-state index contributed by atoms with van der Waals surface area (Å²) < 4.78 is 5.37. The van der Waals surface area contributed by atoms with Crippen molar-refractivity contribution in [2.75, 3.05) is 32.1 Å². The van der Waals surface area contributed by atoms with E-state index in [9.17, 15) is 4.79 Å². The predicted octanol–water partition coefficient (Wildman–Crippen LogP) is 3.89. The maximum absolute atomic E-state index is 13.1. The average Bonchev–Trinajstić information content (AvgIpc) is 3.08. The van der Waals surface area contributed by atoms with Gasteiger partial charge in [0.25, 0.3) is 0 Å². The molecule has 0 spiro atoms. The second-order valence-electron chi connectivity index (χ2n) is 7.17. The first kappa shape index (κ1) is 19.0. The van der Waals surface area contributed by atoms with Crippen molar-refractivity contribution in [1.29, 1.82) is 0 Å². The fourth-order valence-corrected chi connectivity index (χ4v) is 4.41. The van der Waals surface area contributed by atoms with Crippen LogP contribution in [0.3, 0.4) is 0 Å². The maximum atomic E-state index is 13.1. The van der Waals surface area contributed by atoms with E-state index in [0.29, 0.717) is 17.7 Å². The smallest absolute Gasteiger partial charge is 0.234 e. The van der Waals surface area contributed by atoms with Crippen LogP contribution in [0.5, 0.6) is 0 Å². The largest absolute Gasteiger partial charge is 0.384 e. The third-order valence-corrected chi connectivity index (χ3v) is 6.18. The highest BCUT2D eigenvalue weighted by molar-refractivity contribution is 7.16. The van der Waals surface area contributed by atoms with Gasteiger partial charge in [0.1, 0.15) is 0 Å². The summed E-state index contributed by atoms with van der Waals surface area (Å²) in [6.07, 6.45) is 1.56. The lowest BCUT2D eigenvalue weighted by Crippen LogP contribution is -2.47. The lowest BCUT2D eigenvalue weighted by Gasteiger charge is -2.35. The number of thiazole rings is 1. The van der Waals surface area contributed by atoms with Crippen molar-refractivity contribution in [3.05, 3.63) is 35.2 Å². The molecule has 0 radical (unpaired) electrons. The summed E-state index contributed by atoms with van der Waals surface area (Å²) in [7, 11) is 1.66. The summed E-state index contributed by atoms with van der Waals surface area (Å²) in [5, 5.41) is 7.07. The van der Waals surface area contributed by atoms with Crippen molar-refractivity contribution in [3.63, 3.8) is 0 Å². The van der Waals surface area contributed by atoms with Gasteiger partial charge in [-0.15, -0.1) is 11.3 Å². The molecule has 0 bridgehead atoms. The van der Waals surface area contributed by atoms with Gasteiger partial charge >= 0.3 is 0 Å². The molecule has 0 unspecified atom stereocenters. The van der Waals surface area contributed by atoms with Gasteiger partial charge < -0.3 is 15.4 Å². The minimum absolute atomic E-state index is 0.0181. The molecule has 2 N–H and O–H groups in total. The highest BCUT2D eigenvalue weighted by atomic mass is 32.1. The summed E-state index contributed by atoms with van der Waals surface area (Å²) in [6.45, 7) is 6.42.